The van der Waals surface area contributed by atoms with E-state index in [1.807, 2.05) is 78.9 Å². The number of methoxy groups -OCH3 is 2. The van der Waals surface area contributed by atoms with Crippen molar-refractivity contribution in [2.45, 2.75) is 12.5 Å². The molecule has 0 bridgehead atoms. The lowest BCUT2D eigenvalue weighted by Gasteiger charge is -2.28. The molecule has 0 aliphatic carbocycles. The van der Waals surface area contributed by atoms with Crippen LogP contribution in [-0.2, 0) is 11.2 Å². The van der Waals surface area contributed by atoms with Gasteiger partial charge in [-0.2, -0.15) is 0 Å². The number of hydrogen-bond acceptors (Lipinski definition) is 4. The highest BCUT2D eigenvalue weighted by molar-refractivity contribution is 6.05. The Morgan fingerprint density at radius 3 is 2.16 bits per heavy atom. The summed E-state index contributed by atoms with van der Waals surface area (Å²) in [5, 5.41) is 10.9. The normalized spacial score (nSPS) is 16.0. The van der Waals surface area contributed by atoms with Crippen LogP contribution in [-0.4, -0.2) is 36.7 Å². The third-order valence-corrected chi connectivity index (χ3v) is 5.60. The van der Waals surface area contributed by atoms with Crippen molar-refractivity contribution in [3.05, 3.63) is 101 Å². The highest BCUT2D eigenvalue weighted by atomic mass is 16.5. The third kappa shape index (κ3) is 3.99. The van der Waals surface area contributed by atoms with E-state index in [2.05, 4.69) is 0 Å². The summed E-state index contributed by atoms with van der Waals surface area (Å²) in [6.45, 7) is 0.474. The Morgan fingerprint density at radius 2 is 1.52 bits per heavy atom. The Bertz CT molecular complexity index is 1090. The lowest BCUT2D eigenvalue weighted by Crippen LogP contribution is -2.32. The summed E-state index contributed by atoms with van der Waals surface area (Å²) < 4.78 is 10.9. The van der Waals surface area contributed by atoms with E-state index in [9.17, 15) is 9.90 Å². The van der Waals surface area contributed by atoms with Gasteiger partial charge in [-0.25, -0.2) is 0 Å². The number of benzene rings is 3. The molecule has 5 heteroatoms. The van der Waals surface area contributed by atoms with Gasteiger partial charge in [0.05, 0.1) is 20.3 Å². The van der Waals surface area contributed by atoms with Crippen LogP contribution < -0.4 is 9.47 Å². The number of carbonyl (C=O) groups is 1. The van der Waals surface area contributed by atoms with E-state index in [1.54, 1.807) is 19.1 Å². The zero-order valence-electron chi connectivity index (χ0n) is 17.6. The monoisotopic (exact) mass is 415 g/mol. The van der Waals surface area contributed by atoms with Crippen LogP contribution in [0.5, 0.6) is 11.5 Å². The Balaban J connectivity index is 1.77. The molecule has 0 fully saturated rings. The third-order valence-electron chi connectivity index (χ3n) is 5.60. The fourth-order valence-electron chi connectivity index (χ4n) is 4.06. The van der Waals surface area contributed by atoms with E-state index in [0.29, 0.717) is 30.0 Å². The molecule has 0 saturated carbocycles. The first-order valence-electron chi connectivity index (χ1n) is 10.2. The van der Waals surface area contributed by atoms with Crippen molar-refractivity contribution in [3.8, 4) is 11.5 Å². The lowest BCUT2D eigenvalue weighted by atomic mass is 9.93. The van der Waals surface area contributed by atoms with Crippen molar-refractivity contribution in [1.82, 2.24) is 4.90 Å². The van der Waals surface area contributed by atoms with Crippen molar-refractivity contribution in [2.75, 3.05) is 20.8 Å². The Kier molecular flexibility index (Phi) is 5.94. The molecule has 3 aromatic rings. The molecule has 4 rings (SSSR count). The minimum Gasteiger partial charge on any atom is -0.503 e. The first-order chi connectivity index (χ1) is 15.1. The van der Waals surface area contributed by atoms with Crippen molar-refractivity contribution in [2.24, 2.45) is 0 Å². The molecule has 0 spiro atoms. The topological polar surface area (TPSA) is 59.0 Å². The van der Waals surface area contributed by atoms with Crippen molar-refractivity contribution >= 4 is 11.5 Å². The minimum absolute atomic E-state index is 0.209. The van der Waals surface area contributed by atoms with Crippen LogP contribution in [0.25, 0.3) is 5.57 Å². The molecule has 31 heavy (non-hydrogen) atoms. The molecule has 1 atom stereocenters. The molecule has 0 saturated heterocycles. The first-order valence-corrected chi connectivity index (χ1v) is 10.2. The molecular weight excluding hydrogens is 390 g/mol. The van der Waals surface area contributed by atoms with Crippen LogP contribution >= 0.6 is 0 Å². The molecule has 1 heterocycles. The van der Waals surface area contributed by atoms with Crippen molar-refractivity contribution < 1.29 is 19.4 Å². The number of ether oxygens (including phenoxy) is 2. The van der Waals surface area contributed by atoms with Crippen LogP contribution in [0.2, 0.25) is 0 Å². The lowest BCUT2D eigenvalue weighted by molar-refractivity contribution is -0.129. The number of amides is 1. The maximum absolute atomic E-state index is 13.1. The summed E-state index contributed by atoms with van der Waals surface area (Å²) in [5.74, 6) is 0.615. The van der Waals surface area contributed by atoms with Gasteiger partial charge in [0.25, 0.3) is 5.91 Å². The number of hydrogen-bond donors (Lipinski definition) is 1. The number of rotatable bonds is 7. The minimum atomic E-state index is -0.432. The number of aliphatic hydroxyl groups is 1. The summed E-state index contributed by atoms with van der Waals surface area (Å²) in [4.78, 5) is 14.9. The van der Waals surface area contributed by atoms with Gasteiger partial charge in [-0.05, 0) is 35.2 Å². The zero-order chi connectivity index (χ0) is 21.8. The molecule has 1 amide bonds. The molecule has 3 aromatic carbocycles. The van der Waals surface area contributed by atoms with Gasteiger partial charge < -0.3 is 19.5 Å². The van der Waals surface area contributed by atoms with E-state index in [1.165, 1.54) is 0 Å². The molecule has 1 aliphatic heterocycles. The zero-order valence-corrected chi connectivity index (χ0v) is 17.6. The van der Waals surface area contributed by atoms with Crippen LogP contribution in [0, 0.1) is 0 Å². The van der Waals surface area contributed by atoms with E-state index in [4.69, 9.17) is 9.47 Å². The SMILES string of the molecule is COc1ccc([C@H]2C(c3ccccc3)=C(O)C(=O)N2CCc2ccccc2)cc1OC. The van der Waals surface area contributed by atoms with Crippen molar-refractivity contribution in [1.29, 1.82) is 0 Å². The van der Waals surface area contributed by atoms with E-state index in [-0.39, 0.29) is 11.7 Å². The summed E-state index contributed by atoms with van der Waals surface area (Å²) in [6.07, 6.45) is 0.686. The standard InChI is InChI=1S/C26H25NO4/c1-30-21-14-13-20(17-22(21)31-2)24-23(19-11-7-4-8-12-19)25(28)26(29)27(24)16-15-18-9-5-3-6-10-18/h3-14,17,24,28H,15-16H2,1-2H3/t24-/m0/s1. The fourth-order valence-corrected chi connectivity index (χ4v) is 4.06. The first kappa shape index (κ1) is 20.5. The maximum atomic E-state index is 13.1. The van der Waals surface area contributed by atoms with Gasteiger partial charge in [0.15, 0.2) is 17.3 Å². The molecule has 158 valence electrons. The van der Waals surface area contributed by atoms with Gasteiger partial charge in [0.1, 0.15) is 0 Å². The van der Waals surface area contributed by atoms with Gasteiger partial charge >= 0.3 is 0 Å². The molecule has 1 N–H and O–H groups in total. The average molecular weight is 415 g/mol. The molecule has 0 radical (unpaired) electrons. The number of carbonyl (C=O) groups excluding carboxylic acids is 1. The van der Waals surface area contributed by atoms with E-state index >= 15 is 0 Å². The van der Waals surface area contributed by atoms with Crippen LogP contribution in [0.3, 0.4) is 0 Å². The second-order valence-electron chi connectivity index (χ2n) is 7.38. The van der Waals surface area contributed by atoms with E-state index < -0.39 is 6.04 Å². The Labute approximate surface area is 182 Å². The molecular formula is C26H25NO4. The fraction of sp³-hybridized carbons (Fsp3) is 0.192. The predicted octanol–water partition coefficient (Wildman–Crippen LogP) is 4.80. The predicted molar refractivity (Wildman–Crippen MR) is 120 cm³/mol. The van der Waals surface area contributed by atoms with Gasteiger partial charge in [-0.15, -0.1) is 0 Å². The number of nitrogens with zero attached hydrogens (tertiary/aromatic N) is 1. The quantitative estimate of drug-likeness (QED) is 0.602. The van der Waals surface area contributed by atoms with Crippen LogP contribution in [0.15, 0.2) is 84.6 Å². The Hall–Kier alpha value is -3.73. The summed E-state index contributed by atoms with van der Waals surface area (Å²) in [5.41, 5.74) is 3.40. The largest absolute Gasteiger partial charge is 0.503 e. The van der Waals surface area contributed by atoms with Crippen LogP contribution in [0.4, 0.5) is 0 Å². The molecule has 1 aliphatic rings. The average Bonchev–Trinajstić information content (AvgIpc) is 3.08. The highest BCUT2D eigenvalue weighted by Gasteiger charge is 2.41. The summed E-state index contributed by atoms with van der Waals surface area (Å²) >= 11 is 0. The van der Waals surface area contributed by atoms with Crippen LogP contribution in [0.1, 0.15) is 22.7 Å². The summed E-state index contributed by atoms with van der Waals surface area (Å²) in [7, 11) is 3.17. The van der Waals surface area contributed by atoms with E-state index in [0.717, 1.165) is 16.7 Å². The summed E-state index contributed by atoms with van der Waals surface area (Å²) in [6, 6.07) is 24.7. The smallest absolute Gasteiger partial charge is 0.289 e. The second-order valence-corrected chi connectivity index (χ2v) is 7.38. The number of aliphatic hydroxyl groups excluding tert-OH is 1. The second kappa shape index (κ2) is 8.96. The van der Waals surface area contributed by atoms with Gasteiger partial charge in [0.2, 0.25) is 0 Å². The van der Waals surface area contributed by atoms with Gasteiger partial charge in [-0.1, -0.05) is 66.7 Å². The molecule has 0 unspecified atom stereocenters. The highest BCUT2D eigenvalue weighted by Crippen LogP contribution is 2.44. The van der Waals surface area contributed by atoms with Gasteiger partial charge in [0, 0.05) is 12.1 Å². The molecule has 5 nitrogen and oxygen atoms in total. The maximum Gasteiger partial charge on any atom is 0.289 e. The Morgan fingerprint density at radius 1 is 0.871 bits per heavy atom. The van der Waals surface area contributed by atoms with Crippen molar-refractivity contribution in [3.63, 3.8) is 0 Å². The molecule has 0 aromatic heterocycles. The van der Waals surface area contributed by atoms with Gasteiger partial charge in [-0.3, -0.25) is 4.79 Å².